The molecule has 0 saturated heterocycles. The molecule has 0 atom stereocenters. The molecule has 0 fully saturated rings. The van der Waals surface area contributed by atoms with Crippen LogP contribution in [-0.2, 0) is 10.0 Å². The number of carbonyl (C=O) groups is 1. The Morgan fingerprint density at radius 3 is 2.29 bits per heavy atom. The van der Waals surface area contributed by atoms with E-state index in [1.807, 2.05) is 0 Å². The Bertz CT molecular complexity index is 807. The molecule has 0 aromatic heterocycles. The van der Waals surface area contributed by atoms with Gasteiger partial charge in [-0.2, -0.15) is 0 Å². The number of hydrogen-bond acceptors (Lipinski definition) is 3. The zero-order valence-electron chi connectivity index (χ0n) is 10.5. The van der Waals surface area contributed by atoms with Gasteiger partial charge in [0.05, 0.1) is 16.1 Å². The highest BCUT2D eigenvalue weighted by Gasteiger charge is 2.15. The molecule has 0 radical (unpaired) electrons. The molecule has 2 aromatic carbocycles. The van der Waals surface area contributed by atoms with Gasteiger partial charge in [0.1, 0.15) is 11.6 Å². The Kier molecular flexibility index (Phi) is 4.01. The Morgan fingerprint density at radius 2 is 1.71 bits per heavy atom. The quantitative estimate of drug-likeness (QED) is 0.906. The van der Waals surface area contributed by atoms with Gasteiger partial charge in [-0.3, -0.25) is 4.79 Å². The van der Waals surface area contributed by atoms with E-state index in [0.717, 1.165) is 18.2 Å². The molecule has 3 N–H and O–H groups in total. The first-order valence-electron chi connectivity index (χ1n) is 5.67. The number of carbonyl (C=O) groups excluding carboxylic acids is 1. The minimum Gasteiger partial charge on any atom is -0.319 e. The summed E-state index contributed by atoms with van der Waals surface area (Å²) in [6.45, 7) is 0. The molecule has 21 heavy (non-hydrogen) atoms. The largest absolute Gasteiger partial charge is 0.319 e. The lowest BCUT2D eigenvalue weighted by atomic mass is 10.2. The molecule has 0 aliphatic rings. The molecule has 110 valence electrons. The van der Waals surface area contributed by atoms with Gasteiger partial charge in [-0.05, 0) is 30.3 Å². The van der Waals surface area contributed by atoms with E-state index in [0.29, 0.717) is 6.07 Å². The number of sulfonamides is 1. The number of amides is 1. The second kappa shape index (κ2) is 5.58. The molecule has 0 spiro atoms. The van der Waals surface area contributed by atoms with Gasteiger partial charge in [-0.1, -0.05) is 12.1 Å². The average Bonchev–Trinajstić information content (AvgIpc) is 2.40. The average molecular weight is 312 g/mol. The Hall–Kier alpha value is -2.32. The van der Waals surface area contributed by atoms with Crippen LogP contribution in [0.5, 0.6) is 0 Å². The van der Waals surface area contributed by atoms with Crippen molar-refractivity contribution >= 4 is 21.6 Å². The fourth-order valence-corrected chi connectivity index (χ4v) is 2.13. The van der Waals surface area contributed by atoms with E-state index in [1.54, 1.807) is 0 Å². The summed E-state index contributed by atoms with van der Waals surface area (Å²) in [5.41, 5.74) is -0.539. The smallest absolute Gasteiger partial charge is 0.258 e. The number of anilines is 1. The zero-order valence-corrected chi connectivity index (χ0v) is 11.3. The van der Waals surface area contributed by atoms with Crippen LogP contribution in [0.1, 0.15) is 10.4 Å². The summed E-state index contributed by atoms with van der Waals surface area (Å²) in [4.78, 5) is 11.4. The third kappa shape index (κ3) is 3.41. The molecule has 0 aliphatic carbocycles. The highest BCUT2D eigenvalue weighted by atomic mass is 32.2. The van der Waals surface area contributed by atoms with Crippen molar-refractivity contribution in [2.75, 3.05) is 5.32 Å². The maximum atomic E-state index is 13.7. The van der Waals surface area contributed by atoms with Crippen LogP contribution in [-0.4, -0.2) is 14.3 Å². The summed E-state index contributed by atoms with van der Waals surface area (Å²) in [5.74, 6) is -2.60. The van der Waals surface area contributed by atoms with Crippen LogP contribution < -0.4 is 10.5 Å². The maximum Gasteiger partial charge on any atom is 0.258 e. The fourth-order valence-electron chi connectivity index (χ4n) is 1.61. The molecule has 0 bridgehead atoms. The first-order chi connectivity index (χ1) is 9.79. The summed E-state index contributed by atoms with van der Waals surface area (Å²) >= 11 is 0. The maximum absolute atomic E-state index is 13.7. The van der Waals surface area contributed by atoms with Crippen molar-refractivity contribution < 1.29 is 22.0 Å². The Balaban J connectivity index is 2.29. The first-order valence-corrected chi connectivity index (χ1v) is 7.22. The zero-order chi connectivity index (χ0) is 15.6. The predicted molar refractivity (Wildman–Crippen MR) is 72.1 cm³/mol. The molecule has 5 nitrogen and oxygen atoms in total. The number of nitrogens with two attached hydrogens (primary N) is 1. The van der Waals surface area contributed by atoms with Crippen LogP contribution in [0.25, 0.3) is 0 Å². The van der Waals surface area contributed by atoms with Crippen LogP contribution in [0, 0.1) is 11.6 Å². The van der Waals surface area contributed by atoms with E-state index >= 15 is 0 Å². The van der Waals surface area contributed by atoms with Crippen LogP contribution in [0.4, 0.5) is 14.5 Å². The molecule has 0 heterocycles. The second-order valence-corrected chi connectivity index (χ2v) is 5.68. The number of nitrogens with one attached hydrogen (secondary N) is 1. The van der Waals surface area contributed by atoms with Crippen LogP contribution >= 0.6 is 0 Å². The lowest BCUT2D eigenvalue weighted by Gasteiger charge is -2.08. The highest BCUT2D eigenvalue weighted by molar-refractivity contribution is 7.89. The van der Waals surface area contributed by atoms with Crippen LogP contribution in [0.3, 0.4) is 0 Å². The molecule has 1 amide bonds. The minimum atomic E-state index is -4.04. The van der Waals surface area contributed by atoms with Gasteiger partial charge in [0.2, 0.25) is 10.0 Å². The third-order valence-electron chi connectivity index (χ3n) is 2.64. The highest BCUT2D eigenvalue weighted by Crippen LogP contribution is 2.19. The number of halogens is 2. The Morgan fingerprint density at radius 1 is 1.05 bits per heavy atom. The predicted octanol–water partition coefficient (Wildman–Crippen LogP) is 1.86. The molecule has 2 rings (SSSR count). The number of benzene rings is 2. The molecular formula is C13H10F2N2O3S. The van der Waals surface area contributed by atoms with Crippen molar-refractivity contribution in [3.8, 4) is 0 Å². The van der Waals surface area contributed by atoms with Gasteiger partial charge in [-0.25, -0.2) is 22.3 Å². The Labute approximate surface area is 119 Å². The molecular weight excluding hydrogens is 302 g/mol. The number of primary sulfonamides is 1. The first kappa shape index (κ1) is 15.1. The molecule has 0 unspecified atom stereocenters. The molecule has 2 aromatic rings. The van der Waals surface area contributed by atoms with Gasteiger partial charge in [0, 0.05) is 0 Å². The summed E-state index contributed by atoms with van der Waals surface area (Å²) < 4.78 is 49.3. The van der Waals surface area contributed by atoms with Crippen molar-refractivity contribution in [1.29, 1.82) is 0 Å². The lowest BCUT2D eigenvalue weighted by molar-refractivity contribution is 0.102. The normalized spacial score (nSPS) is 11.2. The number of rotatable bonds is 3. The van der Waals surface area contributed by atoms with Crippen molar-refractivity contribution in [3.05, 3.63) is 59.7 Å². The van der Waals surface area contributed by atoms with Crippen molar-refractivity contribution in [3.63, 3.8) is 0 Å². The van der Waals surface area contributed by atoms with E-state index in [-0.39, 0.29) is 11.3 Å². The fraction of sp³-hybridized carbons (Fsp3) is 0. The van der Waals surface area contributed by atoms with E-state index in [4.69, 9.17) is 5.14 Å². The topological polar surface area (TPSA) is 89.3 Å². The van der Waals surface area contributed by atoms with E-state index in [2.05, 4.69) is 5.32 Å². The summed E-state index contributed by atoms with van der Waals surface area (Å²) in [6.07, 6.45) is 0. The number of hydrogen-bond donors (Lipinski definition) is 2. The summed E-state index contributed by atoms with van der Waals surface area (Å²) in [7, 11) is -4.04. The van der Waals surface area contributed by atoms with Gasteiger partial charge >= 0.3 is 0 Å². The summed E-state index contributed by atoms with van der Waals surface area (Å²) in [5, 5.41) is 7.01. The van der Waals surface area contributed by atoms with Gasteiger partial charge in [-0.15, -0.1) is 0 Å². The lowest BCUT2D eigenvalue weighted by Crippen LogP contribution is -2.16. The van der Waals surface area contributed by atoms with Gasteiger partial charge in [0.15, 0.2) is 0 Å². The van der Waals surface area contributed by atoms with Crippen LogP contribution in [0.15, 0.2) is 47.4 Å². The third-order valence-corrected chi connectivity index (χ3v) is 3.55. The van der Waals surface area contributed by atoms with Crippen molar-refractivity contribution in [2.45, 2.75) is 4.90 Å². The van der Waals surface area contributed by atoms with Gasteiger partial charge in [0.25, 0.3) is 5.91 Å². The second-order valence-electron chi connectivity index (χ2n) is 4.12. The van der Waals surface area contributed by atoms with Crippen LogP contribution in [0.2, 0.25) is 0 Å². The molecule has 0 aliphatic heterocycles. The minimum absolute atomic E-state index is 0.257. The van der Waals surface area contributed by atoms with Crippen molar-refractivity contribution in [2.24, 2.45) is 5.14 Å². The standard InChI is InChI=1S/C13H10F2N2O3S/c14-10-4-2-1-3-9(10)13(18)17-12-6-5-8(7-11(12)15)21(16,19)20/h1-7H,(H,17,18)(H2,16,19,20). The van der Waals surface area contributed by atoms with Crippen molar-refractivity contribution in [1.82, 2.24) is 0 Å². The summed E-state index contributed by atoms with van der Waals surface area (Å²) in [6, 6.07) is 7.94. The van der Waals surface area contributed by atoms with Gasteiger partial charge < -0.3 is 5.32 Å². The molecule has 0 saturated carbocycles. The molecule has 8 heteroatoms. The van der Waals surface area contributed by atoms with E-state index in [1.165, 1.54) is 18.2 Å². The van der Waals surface area contributed by atoms with E-state index < -0.39 is 32.5 Å². The monoisotopic (exact) mass is 312 g/mol. The SMILES string of the molecule is NS(=O)(=O)c1ccc(NC(=O)c2ccccc2F)c(F)c1. The van der Waals surface area contributed by atoms with E-state index in [9.17, 15) is 22.0 Å².